The Hall–Kier alpha value is -0.880. The summed E-state index contributed by atoms with van der Waals surface area (Å²) in [6, 6.07) is 0.305. The van der Waals surface area contributed by atoms with Crippen LogP contribution in [0.4, 0.5) is 13.2 Å². The van der Waals surface area contributed by atoms with Gasteiger partial charge in [-0.05, 0) is 12.8 Å². The molecule has 0 radical (unpaired) electrons. The molecular formula is C15H23F3IN5S. The molecule has 1 aromatic heterocycles. The molecular weight excluding hydrogens is 466 g/mol. The molecule has 1 fully saturated rings. The summed E-state index contributed by atoms with van der Waals surface area (Å²) in [5, 5.41) is 7.75. The van der Waals surface area contributed by atoms with Gasteiger partial charge in [0.2, 0.25) is 0 Å². The van der Waals surface area contributed by atoms with Gasteiger partial charge in [-0.15, -0.1) is 41.9 Å². The van der Waals surface area contributed by atoms with Crippen molar-refractivity contribution in [2.24, 2.45) is 4.99 Å². The van der Waals surface area contributed by atoms with E-state index in [-0.39, 0.29) is 30.5 Å². The average Bonchev–Trinajstić information content (AvgIpc) is 3.02. The van der Waals surface area contributed by atoms with Crippen LogP contribution in [0.25, 0.3) is 0 Å². The van der Waals surface area contributed by atoms with Gasteiger partial charge in [-0.1, -0.05) is 6.08 Å². The minimum Gasteiger partial charge on any atom is -0.354 e. The van der Waals surface area contributed by atoms with Crippen LogP contribution in [0.1, 0.15) is 23.5 Å². The first kappa shape index (κ1) is 22.2. The third-order valence-corrected chi connectivity index (χ3v) is 4.64. The number of piperidine rings is 1. The zero-order valence-corrected chi connectivity index (χ0v) is 17.1. The number of alkyl halides is 3. The Morgan fingerprint density at radius 3 is 2.68 bits per heavy atom. The smallest absolute Gasteiger partial charge is 0.354 e. The van der Waals surface area contributed by atoms with Crippen molar-refractivity contribution in [3.8, 4) is 0 Å². The lowest BCUT2D eigenvalue weighted by Crippen LogP contribution is -2.48. The van der Waals surface area contributed by atoms with Gasteiger partial charge >= 0.3 is 6.18 Å². The number of aromatic nitrogens is 1. The number of halogens is 4. The van der Waals surface area contributed by atoms with Crippen LogP contribution in [0.5, 0.6) is 0 Å². The van der Waals surface area contributed by atoms with Gasteiger partial charge in [0.05, 0.1) is 6.54 Å². The Bertz CT molecular complexity index is 568. The maximum absolute atomic E-state index is 12.5. The Kier molecular flexibility index (Phi) is 9.14. The van der Waals surface area contributed by atoms with Crippen LogP contribution in [0.15, 0.2) is 23.0 Å². The second kappa shape index (κ2) is 10.3. The quantitative estimate of drug-likeness (QED) is 0.289. The van der Waals surface area contributed by atoms with Crippen LogP contribution in [0.3, 0.4) is 0 Å². The van der Waals surface area contributed by atoms with Gasteiger partial charge in [0.1, 0.15) is 5.01 Å². The van der Waals surface area contributed by atoms with E-state index in [1.807, 2.05) is 6.08 Å². The van der Waals surface area contributed by atoms with E-state index in [1.165, 1.54) is 0 Å². The van der Waals surface area contributed by atoms with Crippen LogP contribution >= 0.6 is 35.3 Å². The monoisotopic (exact) mass is 489 g/mol. The zero-order chi connectivity index (χ0) is 17.6. The second-order valence-corrected chi connectivity index (χ2v) is 6.50. The van der Waals surface area contributed by atoms with Crippen molar-refractivity contribution in [3.05, 3.63) is 28.7 Å². The topological polar surface area (TPSA) is 52.5 Å². The molecule has 0 bridgehead atoms. The fraction of sp³-hybridized carbons (Fsp3) is 0.600. The summed E-state index contributed by atoms with van der Waals surface area (Å²) in [6.07, 6.45) is -0.514. The van der Waals surface area contributed by atoms with E-state index in [9.17, 15) is 13.2 Å². The molecule has 2 rings (SSSR count). The highest BCUT2D eigenvalue weighted by atomic mass is 127. The van der Waals surface area contributed by atoms with Crippen molar-refractivity contribution >= 4 is 41.3 Å². The molecule has 1 aromatic rings. The Labute approximate surface area is 166 Å². The summed E-state index contributed by atoms with van der Waals surface area (Å²) in [7, 11) is 1.64. The lowest BCUT2D eigenvalue weighted by atomic mass is 10.1. The van der Waals surface area contributed by atoms with Crippen molar-refractivity contribution in [1.29, 1.82) is 0 Å². The van der Waals surface area contributed by atoms with Crippen LogP contribution in [-0.2, 0) is 12.7 Å². The van der Waals surface area contributed by atoms with Crippen LogP contribution in [0, 0.1) is 0 Å². The molecule has 2 N–H and O–H groups in total. The predicted octanol–water partition coefficient (Wildman–Crippen LogP) is 3.10. The summed E-state index contributed by atoms with van der Waals surface area (Å²) in [6.45, 7) is 6.83. The number of aliphatic imine (C=N–C) groups is 1. The number of hydrogen-bond acceptors (Lipinski definition) is 4. The minimum atomic E-state index is -4.39. The van der Waals surface area contributed by atoms with Gasteiger partial charge in [0, 0.05) is 38.1 Å². The fourth-order valence-electron chi connectivity index (χ4n) is 2.51. The van der Waals surface area contributed by atoms with Crippen molar-refractivity contribution in [2.75, 3.05) is 26.7 Å². The van der Waals surface area contributed by atoms with Gasteiger partial charge < -0.3 is 10.6 Å². The Morgan fingerprint density at radius 2 is 2.16 bits per heavy atom. The maximum Gasteiger partial charge on any atom is 0.434 e. The number of guanidine groups is 1. The lowest BCUT2D eigenvalue weighted by Gasteiger charge is -2.32. The number of rotatable bonds is 5. The summed E-state index contributed by atoms with van der Waals surface area (Å²) in [5.41, 5.74) is -0.846. The molecule has 0 aliphatic carbocycles. The maximum atomic E-state index is 12.5. The molecule has 2 heterocycles. The largest absolute Gasteiger partial charge is 0.434 e. The van der Waals surface area contributed by atoms with Gasteiger partial charge in [-0.3, -0.25) is 9.89 Å². The van der Waals surface area contributed by atoms with Crippen molar-refractivity contribution in [3.63, 3.8) is 0 Å². The Balaban J connectivity index is 0.00000312. The van der Waals surface area contributed by atoms with Crippen LogP contribution in [0.2, 0.25) is 0 Å². The number of hydrogen-bond donors (Lipinski definition) is 2. The molecule has 1 aliphatic rings. The highest BCUT2D eigenvalue weighted by molar-refractivity contribution is 14.0. The standard InChI is InChI=1S/C15H22F3N5S.HI/c1-3-6-23-7-4-11(5-8-23)21-14(19-2)20-9-13-22-12(10-24-13)15(16,17)18;/h3,10-11H,1,4-9H2,2H3,(H2,19,20,21);1H. The van der Waals surface area contributed by atoms with Crippen LogP contribution in [-0.4, -0.2) is 48.6 Å². The molecule has 142 valence electrons. The normalized spacial score (nSPS) is 17.0. The molecule has 0 spiro atoms. The summed E-state index contributed by atoms with van der Waals surface area (Å²) >= 11 is 0.988. The first-order valence-electron chi connectivity index (χ1n) is 7.74. The predicted molar refractivity (Wildman–Crippen MR) is 106 cm³/mol. The highest BCUT2D eigenvalue weighted by Gasteiger charge is 2.33. The minimum absolute atomic E-state index is 0. The van der Waals surface area contributed by atoms with Gasteiger partial charge in [0.15, 0.2) is 11.7 Å². The summed E-state index contributed by atoms with van der Waals surface area (Å²) in [5.74, 6) is 0.584. The molecule has 0 unspecified atom stereocenters. The van der Waals surface area contributed by atoms with Gasteiger partial charge in [0.25, 0.3) is 0 Å². The zero-order valence-electron chi connectivity index (χ0n) is 14.0. The van der Waals surface area contributed by atoms with Crippen molar-refractivity contribution in [1.82, 2.24) is 20.5 Å². The average molecular weight is 489 g/mol. The first-order chi connectivity index (χ1) is 11.4. The Morgan fingerprint density at radius 1 is 1.48 bits per heavy atom. The van der Waals surface area contributed by atoms with Crippen molar-refractivity contribution < 1.29 is 13.2 Å². The molecule has 0 amide bonds. The van der Waals surface area contributed by atoms with Gasteiger partial charge in [-0.25, -0.2) is 4.98 Å². The number of thiazole rings is 1. The molecule has 1 aliphatic heterocycles. The number of likely N-dealkylation sites (tertiary alicyclic amines) is 1. The molecule has 1 saturated heterocycles. The highest BCUT2D eigenvalue weighted by Crippen LogP contribution is 2.29. The number of nitrogens with zero attached hydrogens (tertiary/aromatic N) is 3. The summed E-state index contributed by atoms with van der Waals surface area (Å²) < 4.78 is 37.6. The SMILES string of the molecule is C=CCN1CCC(NC(=NC)NCc2nc(C(F)(F)F)cs2)CC1.I. The lowest BCUT2D eigenvalue weighted by molar-refractivity contribution is -0.140. The van der Waals surface area contributed by atoms with E-state index < -0.39 is 11.9 Å². The summed E-state index contributed by atoms with van der Waals surface area (Å²) in [4.78, 5) is 10.1. The van der Waals surface area contributed by atoms with E-state index in [0.717, 1.165) is 49.2 Å². The molecule has 0 aromatic carbocycles. The molecule has 10 heteroatoms. The van der Waals surface area contributed by atoms with E-state index in [0.29, 0.717) is 17.0 Å². The van der Waals surface area contributed by atoms with Crippen molar-refractivity contribution in [2.45, 2.75) is 31.6 Å². The van der Waals surface area contributed by atoms with Crippen LogP contribution < -0.4 is 10.6 Å². The first-order valence-corrected chi connectivity index (χ1v) is 8.62. The molecule has 0 saturated carbocycles. The molecule has 5 nitrogen and oxygen atoms in total. The second-order valence-electron chi connectivity index (χ2n) is 5.56. The number of nitrogens with one attached hydrogen (secondary N) is 2. The molecule has 25 heavy (non-hydrogen) atoms. The fourth-order valence-corrected chi connectivity index (χ4v) is 3.25. The van der Waals surface area contributed by atoms with E-state index in [1.54, 1.807) is 7.05 Å². The van der Waals surface area contributed by atoms with E-state index in [2.05, 4.69) is 32.1 Å². The van der Waals surface area contributed by atoms with E-state index in [4.69, 9.17) is 0 Å². The third kappa shape index (κ3) is 7.10. The van der Waals surface area contributed by atoms with Gasteiger partial charge in [-0.2, -0.15) is 13.2 Å². The van der Waals surface area contributed by atoms with E-state index >= 15 is 0 Å². The third-order valence-electron chi connectivity index (χ3n) is 3.79. The molecule has 0 atom stereocenters.